The van der Waals surface area contributed by atoms with E-state index in [1.807, 2.05) is 47.2 Å². The third-order valence-corrected chi connectivity index (χ3v) is 5.08. The number of hydrogen-bond donors (Lipinski definition) is 1. The molecule has 138 valence electrons. The first-order valence-electron chi connectivity index (χ1n) is 8.31. The highest BCUT2D eigenvalue weighted by molar-refractivity contribution is 7.99. The first-order chi connectivity index (χ1) is 13.0. The van der Waals surface area contributed by atoms with Crippen LogP contribution in [0.15, 0.2) is 66.1 Å². The van der Waals surface area contributed by atoms with Crippen molar-refractivity contribution in [3.05, 3.63) is 77.1 Å². The van der Waals surface area contributed by atoms with Gasteiger partial charge in [-0.2, -0.15) is 0 Å². The molecule has 1 amide bonds. The molecule has 0 saturated carbocycles. The lowest BCUT2D eigenvalue weighted by Crippen LogP contribution is -2.18. The van der Waals surface area contributed by atoms with Gasteiger partial charge in [0.25, 0.3) is 0 Å². The predicted octanol–water partition coefficient (Wildman–Crippen LogP) is 4.14. The molecular formula is C20H18ClN3O2S. The summed E-state index contributed by atoms with van der Waals surface area (Å²) >= 11 is 7.32. The number of rotatable bonds is 7. The highest BCUT2D eigenvalue weighted by Gasteiger charge is 2.11. The Labute approximate surface area is 166 Å². The number of carbonyl (C=O) groups is 2. The molecule has 0 fully saturated rings. The van der Waals surface area contributed by atoms with Crippen molar-refractivity contribution >= 4 is 35.1 Å². The summed E-state index contributed by atoms with van der Waals surface area (Å²) in [7, 11) is 0. The van der Waals surface area contributed by atoms with E-state index in [4.69, 9.17) is 11.6 Å². The Morgan fingerprint density at radius 2 is 1.81 bits per heavy atom. The van der Waals surface area contributed by atoms with E-state index in [1.54, 1.807) is 18.3 Å². The molecule has 2 aromatic carbocycles. The molecule has 0 aliphatic carbocycles. The molecule has 5 nitrogen and oxygen atoms in total. The number of Topliss-reactive ketones (excluding diaryl/α,β-unsaturated/α-hetero) is 1. The van der Waals surface area contributed by atoms with Crippen molar-refractivity contribution in [1.82, 2.24) is 14.9 Å². The molecule has 7 heteroatoms. The number of thioether (sulfide) groups is 1. The van der Waals surface area contributed by atoms with Crippen LogP contribution in [0.4, 0.5) is 0 Å². The normalized spacial score (nSPS) is 10.6. The number of imidazole rings is 1. The molecule has 3 aromatic rings. The van der Waals surface area contributed by atoms with Crippen molar-refractivity contribution in [1.29, 1.82) is 0 Å². The van der Waals surface area contributed by atoms with Gasteiger partial charge in [-0.1, -0.05) is 47.6 Å². The summed E-state index contributed by atoms with van der Waals surface area (Å²) in [5, 5.41) is 4.15. The van der Waals surface area contributed by atoms with Crippen LogP contribution in [0, 0.1) is 0 Å². The van der Waals surface area contributed by atoms with E-state index >= 15 is 0 Å². The lowest BCUT2D eigenvalue weighted by Gasteiger charge is -2.08. The maximum atomic E-state index is 12.5. The molecule has 0 spiro atoms. The molecule has 0 unspecified atom stereocenters. The van der Waals surface area contributed by atoms with Gasteiger partial charge in [0, 0.05) is 42.1 Å². The maximum absolute atomic E-state index is 12.5. The quantitative estimate of drug-likeness (QED) is 0.479. The SMILES string of the molecule is CC(=O)NCc1ccc(C(=O)CSc2nccn2-c2ccc(Cl)cc2)cc1. The zero-order valence-corrected chi connectivity index (χ0v) is 16.3. The van der Waals surface area contributed by atoms with Crippen LogP contribution in [0.2, 0.25) is 5.02 Å². The second-order valence-corrected chi connectivity index (χ2v) is 7.25. The van der Waals surface area contributed by atoms with Gasteiger partial charge in [-0.05, 0) is 29.8 Å². The molecule has 27 heavy (non-hydrogen) atoms. The molecular weight excluding hydrogens is 382 g/mol. The average molecular weight is 400 g/mol. The van der Waals surface area contributed by atoms with Crippen LogP contribution in [0.1, 0.15) is 22.8 Å². The van der Waals surface area contributed by atoms with Crippen molar-refractivity contribution in [2.24, 2.45) is 0 Å². The fourth-order valence-corrected chi connectivity index (χ4v) is 3.44. The number of aromatic nitrogens is 2. The Hall–Kier alpha value is -2.57. The molecule has 0 radical (unpaired) electrons. The Morgan fingerprint density at radius 3 is 2.48 bits per heavy atom. The Bertz CT molecular complexity index is 937. The highest BCUT2D eigenvalue weighted by atomic mass is 35.5. The van der Waals surface area contributed by atoms with E-state index in [0.717, 1.165) is 16.4 Å². The second kappa shape index (κ2) is 8.88. The van der Waals surface area contributed by atoms with E-state index in [0.29, 0.717) is 17.1 Å². The van der Waals surface area contributed by atoms with Crippen LogP contribution < -0.4 is 5.32 Å². The van der Waals surface area contributed by atoms with E-state index in [1.165, 1.54) is 18.7 Å². The van der Waals surface area contributed by atoms with Crippen LogP contribution in [-0.2, 0) is 11.3 Å². The number of hydrogen-bond acceptors (Lipinski definition) is 4. The fourth-order valence-electron chi connectivity index (χ4n) is 2.44. The predicted molar refractivity (Wildman–Crippen MR) is 108 cm³/mol. The number of nitrogens with one attached hydrogen (secondary N) is 1. The summed E-state index contributed by atoms with van der Waals surface area (Å²) in [6, 6.07) is 14.7. The third kappa shape index (κ3) is 5.21. The van der Waals surface area contributed by atoms with E-state index in [2.05, 4.69) is 10.3 Å². The third-order valence-electron chi connectivity index (χ3n) is 3.86. The monoisotopic (exact) mass is 399 g/mol. The average Bonchev–Trinajstić information content (AvgIpc) is 3.14. The number of benzene rings is 2. The Morgan fingerprint density at radius 1 is 1.11 bits per heavy atom. The van der Waals surface area contributed by atoms with Crippen molar-refractivity contribution in [3.8, 4) is 5.69 Å². The molecule has 0 atom stereocenters. The molecule has 1 N–H and O–H groups in total. The zero-order chi connectivity index (χ0) is 19.2. The lowest BCUT2D eigenvalue weighted by molar-refractivity contribution is -0.119. The van der Waals surface area contributed by atoms with Gasteiger partial charge in [0.05, 0.1) is 5.75 Å². The van der Waals surface area contributed by atoms with Crippen LogP contribution in [0.25, 0.3) is 5.69 Å². The van der Waals surface area contributed by atoms with E-state index < -0.39 is 0 Å². The van der Waals surface area contributed by atoms with Gasteiger partial charge in [-0.3, -0.25) is 14.2 Å². The van der Waals surface area contributed by atoms with Crippen LogP contribution in [0.5, 0.6) is 0 Å². The molecule has 0 bridgehead atoms. The van der Waals surface area contributed by atoms with E-state index in [9.17, 15) is 9.59 Å². The zero-order valence-electron chi connectivity index (χ0n) is 14.7. The van der Waals surface area contributed by atoms with Crippen molar-refractivity contribution in [2.45, 2.75) is 18.6 Å². The Kier molecular flexibility index (Phi) is 6.32. The summed E-state index contributed by atoms with van der Waals surface area (Å²) < 4.78 is 1.92. The largest absolute Gasteiger partial charge is 0.352 e. The van der Waals surface area contributed by atoms with Gasteiger partial charge in [0.1, 0.15) is 0 Å². The molecule has 0 saturated heterocycles. The minimum Gasteiger partial charge on any atom is -0.352 e. The number of nitrogens with zero attached hydrogens (tertiary/aromatic N) is 2. The molecule has 1 heterocycles. The summed E-state index contributed by atoms with van der Waals surface area (Å²) in [5.74, 6) is 0.231. The van der Waals surface area contributed by atoms with Crippen molar-refractivity contribution in [2.75, 3.05) is 5.75 Å². The molecule has 0 aliphatic rings. The van der Waals surface area contributed by atoms with Crippen molar-refractivity contribution in [3.63, 3.8) is 0 Å². The topological polar surface area (TPSA) is 64.0 Å². The van der Waals surface area contributed by atoms with E-state index in [-0.39, 0.29) is 17.4 Å². The number of amides is 1. The first-order valence-corrected chi connectivity index (χ1v) is 9.68. The summed E-state index contributed by atoms with van der Waals surface area (Å²) in [4.78, 5) is 27.8. The lowest BCUT2D eigenvalue weighted by atomic mass is 10.1. The van der Waals surface area contributed by atoms with Gasteiger partial charge < -0.3 is 5.32 Å². The van der Waals surface area contributed by atoms with Gasteiger partial charge in [0.2, 0.25) is 5.91 Å². The number of ketones is 1. The molecule has 0 aliphatic heterocycles. The minimum atomic E-state index is -0.0808. The number of carbonyl (C=O) groups excluding carboxylic acids is 2. The van der Waals surface area contributed by atoms with Gasteiger partial charge in [-0.25, -0.2) is 4.98 Å². The molecule has 3 rings (SSSR count). The maximum Gasteiger partial charge on any atom is 0.217 e. The smallest absolute Gasteiger partial charge is 0.217 e. The van der Waals surface area contributed by atoms with Gasteiger partial charge in [0.15, 0.2) is 10.9 Å². The summed E-state index contributed by atoms with van der Waals surface area (Å²) in [6.45, 7) is 1.93. The Balaban J connectivity index is 1.62. The summed E-state index contributed by atoms with van der Waals surface area (Å²) in [6.07, 6.45) is 3.56. The second-order valence-electron chi connectivity index (χ2n) is 5.87. The number of halogens is 1. The van der Waals surface area contributed by atoms with Gasteiger partial charge >= 0.3 is 0 Å². The van der Waals surface area contributed by atoms with Gasteiger partial charge in [-0.15, -0.1) is 0 Å². The van der Waals surface area contributed by atoms with Crippen LogP contribution in [-0.4, -0.2) is 27.0 Å². The van der Waals surface area contributed by atoms with Crippen LogP contribution in [0.3, 0.4) is 0 Å². The summed E-state index contributed by atoms with van der Waals surface area (Å²) in [5.41, 5.74) is 2.53. The minimum absolute atomic E-state index is 0.0248. The first kappa shape index (κ1) is 19.2. The van der Waals surface area contributed by atoms with Crippen LogP contribution >= 0.6 is 23.4 Å². The fraction of sp³-hybridized carbons (Fsp3) is 0.150. The standard InChI is InChI=1S/C20H18ClN3O2S/c1-14(25)23-12-15-2-4-16(5-3-15)19(26)13-27-20-22-10-11-24(20)18-8-6-17(21)7-9-18/h2-11H,12-13H2,1H3,(H,23,25). The molecule has 1 aromatic heterocycles. The highest BCUT2D eigenvalue weighted by Crippen LogP contribution is 2.22. The van der Waals surface area contributed by atoms with Crippen molar-refractivity contribution < 1.29 is 9.59 Å².